The molecule has 0 aliphatic rings. The van der Waals surface area contributed by atoms with E-state index in [1.165, 1.54) is 6.92 Å². The third kappa shape index (κ3) is 9.13. The average Bonchev–Trinajstić information content (AvgIpc) is 1.95. The Balaban J connectivity index is 0. The molecule has 14 heavy (non-hydrogen) atoms. The van der Waals surface area contributed by atoms with Gasteiger partial charge in [0.15, 0.2) is 0 Å². The van der Waals surface area contributed by atoms with E-state index in [1.807, 2.05) is 0 Å². The smallest absolute Gasteiger partial charge is 0.333 e. The fraction of sp³-hybridized carbons (Fsp3) is 0.500. The van der Waals surface area contributed by atoms with Crippen LogP contribution < -0.4 is 6.15 Å². The van der Waals surface area contributed by atoms with Gasteiger partial charge in [0.2, 0.25) is 10.4 Å². The molecule has 0 aliphatic heterocycles. The summed E-state index contributed by atoms with van der Waals surface area (Å²) in [7, 11) is -4.71. The summed E-state index contributed by atoms with van der Waals surface area (Å²) in [6.07, 6.45) is 0. The van der Waals surface area contributed by atoms with E-state index in [1.54, 1.807) is 0 Å². The lowest BCUT2D eigenvalue weighted by Crippen LogP contribution is -2.13. The number of hydrogen-bond donors (Lipinski definition) is 1. The normalized spacial score (nSPS) is 10.1. The van der Waals surface area contributed by atoms with Crippen LogP contribution in [0.15, 0.2) is 12.2 Å². The number of carbonyl (C=O) groups is 1. The Hall–Kier alpha value is -0.960. The Labute approximate surface area is 82.2 Å². The first kappa shape index (κ1) is 15.5. The SMILES string of the molecule is C=C(C)C(=O)OCCOS(=O)(=O)[O-].[NH4+]. The third-order valence-corrected chi connectivity index (χ3v) is 1.35. The molecule has 0 saturated carbocycles. The van der Waals surface area contributed by atoms with Gasteiger partial charge in [-0.1, -0.05) is 6.58 Å². The molecule has 0 aromatic heterocycles. The molecule has 0 heterocycles. The number of hydrogen-bond acceptors (Lipinski definition) is 6. The number of carbonyl (C=O) groups excluding carboxylic acids is 1. The molecule has 0 amide bonds. The van der Waals surface area contributed by atoms with Crippen LogP contribution in [0.25, 0.3) is 0 Å². The second-order valence-corrected chi connectivity index (χ2v) is 3.20. The maximum atomic E-state index is 10.7. The predicted octanol–water partition coefficient (Wildman–Crippen LogP) is -0.0413. The Morgan fingerprint density at radius 3 is 2.29 bits per heavy atom. The largest absolute Gasteiger partial charge is 0.726 e. The van der Waals surface area contributed by atoms with Crippen molar-refractivity contribution in [2.45, 2.75) is 6.92 Å². The van der Waals surface area contributed by atoms with Crippen LogP contribution in [-0.2, 0) is 24.1 Å². The summed E-state index contributed by atoms with van der Waals surface area (Å²) in [5.74, 6) is -0.660. The van der Waals surface area contributed by atoms with Gasteiger partial charge in [0.25, 0.3) is 0 Å². The molecule has 0 spiro atoms. The zero-order valence-corrected chi connectivity index (χ0v) is 8.80. The summed E-state index contributed by atoms with van der Waals surface area (Å²) in [4.78, 5) is 10.7. The molecule has 0 atom stereocenters. The van der Waals surface area contributed by atoms with Crippen molar-refractivity contribution in [2.24, 2.45) is 0 Å². The molecule has 0 rings (SSSR count). The molecule has 0 bridgehead atoms. The van der Waals surface area contributed by atoms with Crippen molar-refractivity contribution in [1.29, 1.82) is 0 Å². The molecule has 0 saturated heterocycles. The van der Waals surface area contributed by atoms with Gasteiger partial charge in [-0.15, -0.1) is 0 Å². The second kappa shape index (κ2) is 6.49. The Bertz CT molecular complexity index is 295. The van der Waals surface area contributed by atoms with E-state index in [0.29, 0.717) is 0 Å². The molecule has 0 fully saturated rings. The lowest BCUT2D eigenvalue weighted by atomic mass is 10.4. The average molecular weight is 227 g/mol. The topological polar surface area (TPSA) is 129 Å². The number of quaternary nitrogens is 1. The molecule has 0 unspecified atom stereocenters. The molecular formula is C6H13NO6S. The first-order chi connectivity index (χ1) is 5.83. The van der Waals surface area contributed by atoms with Crippen LogP contribution in [0.5, 0.6) is 0 Å². The van der Waals surface area contributed by atoms with Gasteiger partial charge in [-0.2, -0.15) is 0 Å². The Morgan fingerprint density at radius 2 is 1.93 bits per heavy atom. The first-order valence-electron chi connectivity index (χ1n) is 3.26. The number of esters is 1. The molecule has 84 valence electrons. The highest BCUT2D eigenvalue weighted by Gasteiger charge is 2.02. The quantitative estimate of drug-likeness (QED) is 0.230. The second-order valence-electron chi connectivity index (χ2n) is 2.15. The molecule has 0 aliphatic carbocycles. The summed E-state index contributed by atoms with van der Waals surface area (Å²) < 4.78 is 37.8. The molecular weight excluding hydrogens is 214 g/mol. The van der Waals surface area contributed by atoms with Gasteiger partial charge >= 0.3 is 5.97 Å². The van der Waals surface area contributed by atoms with Gasteiger partial charge in [0.1, 0.15) is 6.61 Å². The van der Waals surface area contributed by atoms with Crippen molar-refractivity contribution >= 4 is 16.4 Å². The minimum absolute atomic E-state index is 0. The van der Waals surface area contributed by atoms with Crippen molar-refractivity contribution in [3.8, 4) is 0 Å². The Kier molecular flexibility index (Phi) is 7.19. The van der Waals surface area contributed by atoms with E-state index in [-0.39, 0.29) is 18.3 Å². The van der Waals surface area contributed by atoms with E-state index < -0.39 is 23.0 Å². The van der Waals surface area contributed by atoms with Gasteiger partial charge in [-0.3, -0.25) is 4.18 Å². The minimum atomic E-state index is -4.71. The van der Waals surface area contributed by atoms with Gasteiger partial charge in [0, 0.05) is 5.57 Å². The van der Waals surface area contributed by atoms with Gasteiger partial charge < -0.3 is 15.4 Å². The maximum Gasteiger partial charge on any atom is 0.333 e. The third-order valence-electron chi connectivity index (χ3n) is 0.893. The lowest BCUT2D eigenvalue weighted by molar-refractivity contribution is -0.139. The van der Waals surface area contributed by atoms with Crippen molar-refractivity contribution in [2.75, 3.05) is 13.2 Å². The van der Waals surface area contributed by atoms with E-state index in [2.05, 4.69) is 15.5 Å². The summed E-state index contributed by atoms with van der Waals surface area (Å²) in [6, 6.07) is 0. The standard InChI is InChI=1S/C6H10O6S.H3N/c1-5(2)6(7)11-3-4-12-13(8,9)10;/h1,3-4H2,2H3,(H,8,9,10);1H3. The van der Waals surface area contributed by atoms with Gasteiger partial charge in [-0.25, -0.2) is 13.2 Å². The number of ether oxygens (including phenoxy) is 1. The fourth-order valence-electron chi connectivity index (χ4n) is 0.394. The van der Waals surface area contributed by atoms with E-state index >= 15 is 0 Å². The van der Waals surface area contributed by atoms with E-state index in [9.17, 15) is 17.8 Å². The van der Waals surface area contributed by atoms with Crippen LogP contribution in [0, 0.1) is 0 Å². The Morgan fingerprint density at radius 1 is 1.43 bits per heavy atom. The zero-order chi connectivity index (χ0) is 10.5. The molecule has 8 heteroatoms. The minimum Gasteiger partial charge on any atom is -0.726 e. The van der Waals surface area contributed by atoms with Crippen LogP contribution in [-0.4, -0.2) is 32.2 Å². The van der Waals surface area contributed by atoms with Crippen LogP contribution in [0.2, 0.25) is 0 Å². The fourth-order valence-corrected chi connectivity index (χ4v) is 0.666. The first-order valence-corrected chi connectivity index (χ1v) is 4.59. The van der Waals surface area contributed by atoms with Gasteiger partial charge in [-0.05, 0) is 6.92 Å². The summed E-state index contributed by atoms with van der Waals surface area (Å²) in [5, 5.41) is 0. The molecule has 0 aromatic rings. The van der Waals surface area contributed by atoms with Crippen molar-refractivity contribution in [3.63, 3.8) is 0 Å². The highest BCUT2D eigenvalue weighted by molar-refractivity contribution is 7.80. The summed E-state index contributed by atoms with van der Waals surface area (Å²) in [5.41, 5.74) is 0.185. The van der Waals surface area contributed by atoms with Crippen molar-refractivity contribution in [3.05, 3.63) is 12.2 Å². The van der Waals surface area contributed by atoms with Crippen LogP contribution in [0.1, 0.15) is 6.92 Å². The molecule has 7 nitrogen and oxygen atoms in total. The zero-order valence-electron chi connectivity index (χ0n) is 7.98. The van der Waals surface area contributed by atoms with E-state index in [0.717, 1.165) is 0 Å². The lowest BCUT2D eigenvalue weighted by Gasteiger charge is -2.07. The molecule has 4 N–H and O–H groups in total. The summed E-state index contributed by atoms with van der Waals surface area (Å²) in [6.45, 7) is 3.95. The molecule has 0 aromatic carbocycles. The highest BCUT2D eigenvalue weighted by Crippen LogP contribution is 1.92. The monoisotopic (exact) mass is 227 g/mol. The molecule has 0 radical (unpaired) electrons. The van der Waals surface area contributed by atoms with Crippen LogP contribution >= 0.6 is 0 Å². The van der Waals surface area contributed by atoms with Crippen molar-refractivity contribution in [1.82, 2.24) is 6.15 Å². The summed E-state index contributed by atoms with van der Waals surface area (Å²) >= 11 is 0. The van der Waals surface area contributed by atoms with Gasteiger partial charge in [0.05, 0.1) is 6.61 Å². The van der Waals surface area contributed by atoms with E-state index in [4.69, 9.17) is 0 Å². The predicted molar refractivity (Wildman–Crippen MR) is 47.4 cm³/mol. The number of rotatable bonds is 5. The van der Waals surface area contributed by atoms with Crippen LogP contribution in [0.3, 0.4) is 0 Å². The maximum absolute atomic E-state index is 10.7. The van der Waals surface area contributed by atoms with Crippen molar-refractivity contribution < 1.29 is 26.7 Å². The highest BCUT2D eigenvalue weighted by atomic mass is 32.3. The van der Waals surface area contributed by atoms with Crippen LogP contribution in [0.4, 0.5) is 0 Å².